The predicted molar refractivity (Wildman–Crippen MR) is 64.1 cm³/mol. The molecule has 0 nitrogen and oxygen atoms in total. The Hall–Kier alpha value is -0.273. The molecule has 0 N–H and O–H groups in total. The highest BCUT2D eigenvalue weighted by molar-refractivity contribution is 6.34. The van der Waals surface area contributed by atoms with Crippen molar-refractivity contribution in [2.24, 2.45) is 0 Å². The lowest BCUT2D eigenvalue weighted by Gasteiger charge is -2.11. The highest BCUT2D eigenvalue weighted by atomic mass is 35.5. The molecule has 0 spiro atoms. The van der Waals surface area contributed by atoms with E-state index in [1.807, 2.05) is 0 Å². The molecule has 0 radical (unpaired) electrons. The number of unbranched alkanes of at least 4 members (excludes halogenated alkanes) is 1. The average Bonchev–Trinajstić information content (AvgIpc) is 2.15. The fourth-order valence-electron chi connectivity index (χ4n) is 1.48. The van der Waals surface area contributed by atoms with Crippen LogP contribution >= 0.6 is 11.6 Å². The van der Waals surface area contributed by atoms with Crippen molar-refractivity contribution in [1.82, 2.24) is 0 Å². The number of alkyl halides is 1. The molecule has 0 aliphatic heterocycles. The van der Waals surface area contributed by atoms with Gasteiger partial charge in [-0.2, -0.15) is 0 Å². The lowest BCUT2D eigenvalue weighted by atomic mass is 10.1. The van der Waals surface area contributed by atoms with Gasteiger partial charge in [-0.3, -0.25) is 0 Å². The van der Waals surface area contributed by atoms with E-state index in [9.17, 15) is 0 Å². The molecule has 2 heteroatoms. The van der Waals surface area contributed by atoms with Crippen LogP contribution in [0.3, 0.4) is 0 Å². The highest BCUT2D eigenvalue weighted by Crippen LogP contribution is 2.24. The van der Waals surface area contributed by atoms with E-state index in [1.54, 1.807) is 0 Å². The van der Waals surface area contributed by atoms with Gasteiger partial charge in [-0.15, -0.1) is 11.6 Å². The average molecular weight is 213 g/mol. The molecule has 0 heterocycles. The van der Waals surface area contributed by atoms with Gasteiger partial charge in [0, 0.05) is 10.2 Å². The lowest BCUT2D eigenvalue weighted by molar-refractivity contribution is 0.702. The van der Waals surface area contributed by atoms with Crippen LogP contribution in [0.5, 0.6) is 0 Å². The monoisotopic (exact) mass is 212 g/mol. The second-order valence-corrected chi connectivity index (χ2v) is 5.07. The van der Waals surface area contributed by atoms with Gasteiger partial charge in [0.2, 0.25) is 0 Å². The molecule has 0 fully saturated rings. The molecule has 1 atom stereocenters. The van der Waals surface area contributed by atoms with Crippen LogP contribution in [-0.2, 0) is 0 Å². The summed E-state index contributed by atoms with van der Waals surface area (Å²) in [7, 11) is 1.10. The lowest BCUT2D eigenvalue weighted by Crippen LogP contribution is -2.11. The fraction of sp³-hybridized carbons (Fsp3) is 0.455. The van der Waals surface area contributed by atoms with Crippen molar-refractivity contribution in [1.29, 1.82) is 0 Å². The first-order valence-electron chi connectivity index (χ1n) is 4.95. The summed E-state index contributed by atoms with van der Waals surface area (Å²) >= 11 is 6.31. The third kappa shape index (κ3) is 3.16. The maximum atomic E-state index is 6.31. The Bertz CT molecular complexity index is 260. The number of halogens is 1. The minimum atomic E-state index is 0.230. The summed E-state index contributed by atoms with van der Waals surface area (Å²) in [5, 5.41) is 1.67. The van der Waals surface area contributed by atoms with Crippen LogP contribution in [0, 0.1) is 0 Å². The van der Waals surface area contributed by atoms with E-state index >= 15 is 0 Å². The summed E-state index contributed by atoms with van der Waals surface area (Å²) in [6.45, 7) is 2.20. The molecule has 1 unspecified atom stereocenters. The van der Waals surface area contributed by atoms with Gasteiger partial charge < -0.3 is 0 Å². The number of benzene rings is 1. The van der Waals surface area contributed by atoms with Gasteiger partial charge in [-0.25, -0.2) is 0 Å². The van der Waals surface area contributed by atoms with Crippen molar-refractivity contribution >= 4 is 27.0 Å². The molecule has 13 heavy (non-hydrogen) atoms. The molecule has 0 saturated carbocycles. The van der Waals surface area contributed by atoms with E-state index in [4.69, 9.17) is 11.6 Å². The Morgan fingerprint density at radius 3 is 2.69 bits per heavy atom. The number of hydrogen-bond donors (Lipinski definition) is 0. The van der Waals surface area contributed by atoms with Crippen LogP contribution in [0.1, 0.15) is 37.1 Å². The van der Waals surface area contributed by atoms with Gasteiger partial charge in [0.15, 0.2) is 0 Å². The quantitative estimate of drug-likeness (QED) is 0.530. The van der Waals surface area contributed by atoms with Crippen LogP contribution in [0.2, 0.25) is 0 Å². The number of hydrogen-bond acceptors (Lipinski definition) is 0. The molecule has 0 saturated heterocycles. The van der Waals surface area contributed by atoms with Crippen molar-refractivity contribution in [2.45, 2.75) is 31.6 Å². The van der Waals surface area contributed by atoms with Gasteiger partial charge in [0.25, 0.3) is 0 Å². The Kier molecular flexibility index (Phi) is 4.53. The minimum absolute atomic E-state index is 0.230. The first kappa shape index (κ1) is 10.8. The molecule has 72 valence electrons. The molecule has 0 aliphatic rings. The van der Waals surface area contributed by atoms with Crippen LogP contribution in [-0.4, -0.2) is 10.2 Å². The first-order chi connectivity index (χ1) is 6.25. The zero-order chi connectivity index (χ0) is 9.68. The van der Waals surface area contributed by atoms with Gasteiger partial charge >= 0.3 is 0 Å². The molecule has 1 aromatic carbocycles. The summed E-state index contributed by atoms with van der Waals surface area (Å²) in [4.78, 5) is 0. The zero-order valence-electron chi connectivity index (χ0n) is 8.39. The zero-order valence-corrected chi connectivity index (χ0v) is 11.1. The second-order valence-electron chi connectivity index (χ2n) is 3.47. The van der Waals surface area contributed by atoms with Crippen LogP contribution in [0.15, 0.2) is 24.3 Å². The summed E-state index contributed by atoms with van der Waals surface area (Å²) in [5.74, 6) is 0. The Morgan fingerprint density at radius 2 is 2.08 bits per heavy atom. The SMILES string of the molecule is CCCCC(Cl)c1ccccc1[SiH3]. The van der Waals surface area contributed by atoms with Crippen LogP contribution in [0.25, 0.3) is 0 Å². The summed E-state index contributed by atoms with van der Waals surface area (Å²) < 4.78 is 0. The molecule has 0 aliphatic carbocycles. The van der Waals surface area contributed by atoms with E-state index in [0.29, 0.717) is 0 Å². The maximum absolute atomic E-state index is 6.31. The largest absolute Gasteiger partial charge is 0.118 e. The Morgan fingerprint density at radius 1 is 1.38 bits per heavy atom. The molecule has 0 bridgehead atoms. The molecule has 1 aromatic rings. The van der Waals surface area contributed by atoms with Gasteiger partial charge in [0.05, 0.1) is 5.38 Å². The van der Waals surface area contributed by atoms with E-state index in [-0.39, 0.29) is 5.38 Å². The molecular formula is C11H17ClSi. The minimum Gasteiger partial charge on any atom is -0.118 e. The van der Waals surface area contributed by atoms with Gasteiger partial charge in [0.1, 0.15) is 0 Å². The third-order valence-electron chi connectivity index (χ3n) is 2.34. The summed E-state index contributed by atoms with van der Waals surface area (Å²) in [5.41, 5.74) is 1.35. The van der Waals surface area contributed by atoms with E-state index in [1.165, 1.54) is 23.6 Å². The van der Waals surface area contributed by atoms with E-state index < -0.39 is 0 Å². The number of rotatable bonds is 4. The van der Waals surface area contributed by atoms with Gasteiger partial charge in [-0.1, -0.05) is 49.2 Å². The molecular weight excluding hydrogens is 196 g/mol. The normalized spacial score (nSPS) is 13.1. The van der Waals surface area contributed by atoms with Gasteiger partial charge in [-0.05, 0) is 12.0 Å². The molecule has 0 aromatic heterocycles. The molecule has 1 rings (SSSR count). The summed E-state index contributed by atoms with van der Waals surface area (Å²) in [6.07, 6.45) is 3.56. The van der Waals surface area contributed by atoms with Crippen LogP contribution < -0.4 is 5.19 Å². The highest BCUT2D eigenvalue weighted by Gasteiger charge is 2.08. The first-order valence-corrected chi connectivity index (χ1v) is 6.39. The van der Waals surface area contributed by atoms with Crippen molar-refractivity contribution in [3.8, 4) is 0 Å². The van der Waals surface area contributed by atoms with E-state index in [2.05, 4.69) is 31.2 Å². The maximum Gasteiger partial charge on any atom is 0.0583 e. The summed E-state index contributed by atoms with van der Waals surface area (Å²) in [6, 6.07) is 8.52. The van der Waals surface area contributed by atoms with Crippen LogP contribution in [0.4, 0.5) is 0 Å². The topological polar surface area (TPSA) is 0 Å². The molecule has 0 amide bonds. The standard InChI is InChI=1S/C11H17ClSi/c1-2-3-7-10(12)9-6-4-5-8-11(9)13/h4-6,8,10H,2-3,7H2,1,13H3. The van der Waals surface area contributed by atoms with Crippen molar-refractivity contribution < 1.29 is 0 Å². The smallest absolute Gasteiger partial charge is 0.0583 e. The van der Waals surface area contributed by atoms with Crippen molar-refractivity contribution in [2.75, 3.05) is 0 Å². The van der Waals surface area contributed by atoms with E-state index in [0.717, 1.165) is 16.7 Å². The van der Waals surface area contributed by atoms with Crippen molar-refractivity contribution in [3.05, 3.63) is 29.8 Å². The fourth-order valence-corrected chi connectivity index (χ4v) is 2.77. The Balaban J connectivity index is 2.65. The third-order valence-corrected chi connectivity index (χ3v) is 3.70. The Labute approximate surface area is 88.7 Å². The second kappa shape index (κ2) is 5.46. The predicted octanol–water partition coefficient (Wildman–Crippen LogP) is 2.15. The van der Waals surface area contributed by atoms with Crippen molar-refractivity contribution in [3.63, 3.8) is 0 Å².